The molecule has 10 heteroatoms. The fraction of sp³-hybridized carbons (Fsp3) is 0.619. The number of likely N-dealkylation sites (tertiary alicyclic amines) is 1. The summed E-state index contributed by atoms with van der Waals surface area (Å²) in [6.45, 7) is 4.35. The van der Waals surface area contributed by atoms with Gasteiger partial charge in [-0.2, -0.15) is 8.78 Å². The van der Waals surface area contributed by atoms with E-state index in [1.54, 1.807) is 12.1 Å². The molecule has 0 atom stereocenters. The lowest BCUT2D eigenvalue weighted by molar-refractivity contribution is -0.129. The van der Waals surface area contributed by atoms with E-state index in [2.05, 4.69) is 20.4 Å². The summed E-state index contributed by atoms with van der Waals surface area (Å²) in [4.78, 5) is 18.5. The Morgan fingerprint density at radius 1 is 1.23 bits per heavy atom. The van der Waals surface area contributed by atoms with Gasteiger partial charge in [0.2, 0.25) is 5.91 Å². The van der Waals surface area contributed by atoms with Gasteiger partial charge in [0.25, 0.3) is 0 Å². The predicted octanol–water partition coefficient (Wildman–Crippen LogP) is 3.76. The third kappa shape index (κ3) is 9.88. The number of aliphatic imine (C=N–C) groups is 1. The smallest absolute Gasteiger partial charge is 0.387 e. The molecular weight excluding hydrogens is 521 g/mol. The highest BCUT2D eigenvalue weighted by atomic mass is 127. The topological polar surface area (TPSA) is 75.2 Å². The molecule has 0 bridgehead atoms. The second-order valence-electron chi connectivity index (χ2n) is 6.96. The molecule has 1 fully saturated rings. The Bertz CT molecular complexity index is 701. The molecule has 1 aliphatic heterocycles. The van der Waals surface area contributed by atoms with Crippen LogP contribution in [0.5, 0.6) is 11.5 Å². The van der Waals surface area contributed by atoms with Crippen LogP contribution in [0, 0.1) is 0 Å². The number of amides is 1. The largest absolute Gasteiger partial charge is 0.493 e. The molecule has 1 aliphatic rings. The zero-order chi connectivity index (χ0) is 21.8. The van der Waals surface area contributed by atoms with Crippen molar-refractivity contribution in [2.75, 3.05) is 32.8 Å². The molecule has 1 aromatic carbocycles. The summed E-state index contributed by atoms with van der Waals surface area (Å²) < 4.78 is 35.8. The van der Waals surface area contributed by atoms with Crippen LogP contribution >= 0.6 is 24.0 Å². The van der Waals surface area contributed by atoms with E-state index in [0.717, 1.165) is 32.4 Å². The van der Waals surface area contributed by atoms with Crippen molar-refractivity contribution in [1.29, 1.82) is 0 Å². The summed E-state index contributed by atoms with van der Waals surface area (Å²) in [5, 5.41) is 6.22. The van der Waals surface area contributed by atoms with E-state index >= 15 is 0 Å². The minimum absolute atomic E-state index is 0. The molecule has 7 nitrogen and oxygen atoms in total. The maximum Gasteiger partial charge on any atom is 0.387 e. The number of alkyl halides is 2. The lowest BCUT2D eigenvalue weighted by Gasteiger charge is -2.16. The number of hydrogen-bond acceptors (Lipinski definition) is 4. The van der Waals surface area contributed by atoms with Gasteiger partial charge >= 0.3 is 6.61 Å². The van der Waals surface area contributed by atoms with Crippen molar-refractivity contribution in [3.05, 3.63) is 23.8 Å². The number of rotatable bonds is 11. The maximum atomic E-state index is 12.8. The molecule has 0 aromatic heterocycles. The van der Waals surface area contributed by atoms with Crippen molar-refractivity contribution in [1.82, 2.24) is 15.5 Å². The molecule has 2 N–H and O–H groups in total. The van der Waals surface area contributed by atoms with Gasteiger partial charge in [-0.25, -0.2) is 4.99 Å². The molecule has 0 aliphatic carbocycles. The van der Waals surface area contributed by atoms with Gasteiger partial charge in [0.1, 0.15) is 11.5 Å². The van der Waals surface area contributed by atoms with Crippen LogP contribution in [0.2, 0.25) is 0 Å². The first-order valence-electron chi connectivity index (χ1n) is 10.5. The Morgan fingerprint density at radius 2 is 1.97 bits per heavy atom. The summed E-state index contributed by atoms with van der Waals surface area (Å²) in [5.41, 5.74) is 0.518. The number of hydrogen-bond donors (Lipinski definition) is 2. The Kier molecular flexibility index (Phi) is 13.2. The first kappa shape index (κ1) is 27.2. The van der Waals surface area contributed by atoms with Crippen molar-refractivity contribution in [2.24, 2.45) is 4.99 Å². The number of nitrogens with zero attached hydrogens (tertiary/aromatic N) is 2. The van der Waals surface area contributed by atoms with Crippen LogP contribution in [-0.4, -0.2) is 56.2 Å². The van der Waals surface area contributed by atoms with Crippen molar-refractivity contribution in [3.8, 4) is 11.5 Å². The zero-order valence-corrected chi connectivity index (χ0v) is 20.5. The van der Waals surface area contributed by atoms with Crippen LogP contribution in [-0.2, 0) is 11.3 Å². The normalized spacial score (nSPS) is 13.7. The van der Waals surface area contributed by atoms with Gasteiger partial charge in [-0.05, 0) is 38.3 Å². The summed E-state index contributed by atoms with van der Waals surface area (Å²) in [5.74, 6) is 1.17. The lowest BCUT2D eigenvalue weighted by Crippen LogP contribution is -2.39. The van der Waals surface area contributed by atoms with Crippen LogP contribution < -0.4 is 20.1 Å². The number of nitrogens with one attached hydrogen (secondary N) is 2. The Morgan fingerprint density at radius 3 is 2.61 bits per heavy atom. The van der Waals surface area contributed by atoms with E-state index in [4.69, 9.17) is 4.74 Å². The highest BCUT2D eigenvalue weighted by Crippen LogP contribution is 2.27. The summed E-state index contributed by atoms with van der Waals surface area (Å²) in [6, 6.07) is 4.85. The van der Waals surface area contributed by atoms with Crippen molar-refractivity contribution >= 4 is 35.8 Å². The number of ether oxygens (including phenoxy) is 2. The molecule has 0 spiro atoms. The molecule has 1 amide bonds. The number of guanidine groups is 1. The van der Waals surface area contributed by atoms with Gasteiger partial charge in [0, 0.05) is 44.2 Å². The van der Waals surface area contributed by atoms with Crippen molar-refractivity contribution < 1.29 is 23.0 Å². The third-order valence-corrected chi connectivity index (χ3v) is 4.57. The van der Waals surface area contributed by atoms with Crippen LogP contribution in [0.1, 0.15) is 45.1 Å². The highest BCUT2D eigenvalue weighted by molar-refractivity contribution is 14.0. The van der Waals surface area contributed by atoms with Crippen LogP contribution in [0.3, 0.4) is 0 Å². The fourth-order valence-corrected chi connectivity index (χ4v) is 3.10. The molecule has 31 heavy (non-hydrogen) atoms. The molecule has 1 aromatic rings. The molecular formula is C21H33F2IN4O3. The Labute approximate surface area is 200 Å². The molecule has 1 saturated heterocycles. The summed E-state index contributed by atoms with van der Waals surface area (Å²) >= 11 is 0. The molecule has 176 valence electrons. The Hall–Kier alpha value is -1.85. The third-order valence-electron chi connectivity index (χ3n) is 4.57. The quantitative estimate of drug-likeness (QED) is 0.248. The van der Waals surface area contributed by atoms with E-state index in [9.17, 15) is 13.6 Å². The zero-order valence-electron chi connectivity index (χ0n) is 18.2. The first-order valence-corrected chi connectivity index (χ1v) is 10.5. The van der Waals surface area contributed by atoms with Crippen LogP contribution in [0.15, 0.2) is 23.2 Å². The summed E-state index contributed by atoms with van der Waals surface area (Å²) in [6.07, 6.45) is 3.33. The van der Waals surface area contributed by atoms with Gasteiger partial charge < -0.3 is 25.0 Å². The van der Waals surface area contributed by atoms with Gasteiger partial charge in [-0.3, -0.25) is 4.79 Å². The molecule has 0 unspecified atom stereocenters. The first-order chi connectivity index (χ1) is 14.5. The number of benzene rings is 1. The SMILES string of the molecule is CCCOc1ccc(CN=C(NCC)NCCC(=O)N2CCCC2)c(OC(F)F)c1.I. The maximum absolute atomic E-state index is 12.8. The minimum atomic E-state index is -2.93. The number of halogens is 3. The number of carbonyl (C=O) groups is 1. The number of carbonyl (C=O) groups excluding carboxylic acids is 1. The second-order valence-corrected chi connectivity index (χ2v) is 6.96. The van der Waals surface area contributed by atoms with E-state index in [-0.39, 0.29) is 42.2 Å². The van der Waals surface area contributed by atoms with Crippen LogP contribution in [0.4, 0.5) is 8.78 Å². The molecule has 0 radical (unpaired) electrons. The van der Waals surface area contributed by atoms with Crippen molar-refractivity contribution in [2.45, 2.75) is 52.7 Å². The fourth-order valence-electron chi connectivity index (χ4n) is 3.10. The molecule has 1 heterocycles. The minimum Gasteiger partial charge on any atom is -0.493 e. The highest BCUT2D eigenvalue weighted by Gasteiger charge is 2.17. The van der Waals surface area contributed by atoms with E-state index in [1.807, 2.05) is 18.7 Å². The predicted molar refractivity (Wildman–Crippen MR) is 128 cm³/mol. The average Bonchev–Trinajstić information content (AvgIpc) is 3.26. The van der Waals surface area contributed by atoms with Crippen LogP contribution in [0.25, 0.3) is 0 Å². The van der Waals surface area contributed by atoms with Gasteiger partial charge in [-0.1, -0.05) is 6.92 Å². The van der Waals surface area contributed by atoms with E-state index in [0.29, 0.717) is 43.4 Å². The van der Waals surface area contributed by atoms with Gasteiger partial charge in [0.05, 0.1) is 13.2 Å². The van der Waals surface area contributed by atoms with E-state index in [1.165, 1.54) is 6.07 Å². The van der Waals surface area contributed by atoms with Gasteiger partial charge in [-0.15, -0.1) is 24.0 Å². The standard InChI is InChI=1S/C21H32F2N4O3.HI/c1-3-13-29-17-8-7-16(18(14-17)30-20(22)23)15-26-21(24-4-2)25-10-9-19(28)27-11-5-6-12-27;/h7-8,14,20H,3-6,9-13,15H2,1-2H3,(H2,24,25,26);1H. The van der Waals surface area contributed by atoms with Crippen molar-refractivity contribution in [3.63, 3.8) is 0 Å². The lowest BCUT2D eigenvalue weighted by atomic mass is 10.2. The molecule has 0 saturated carbocycles. The second kappa shape index (κ2) is 15.0. The van der Waals surface area contributed by atoms with Gasteiger partial charge in [0.15, 0.2) is 5.96 Å². The average molecular weight is 554 g/mol. The summed E-state index contributed by atoms with van der Waals surface area (Å²) in [7, 11) is 0. The van der Waals surface area contributed by atoms with E-state index < -0.39 is 6.61 Å². The Balaban J connectivity index is 0.00000480. The monoisotopic (exact) mass is 554 g/mol. The molecule has 2 rings (SSSR count).